The highest BCUT2D eigenvalue weighted by Gasteiger charge is 2.37. The van der Waals surface area contributed by atoms with E-state index in [0.29, 0.717) is 18.4 Å². The van der Waals surface area contributed by atoms with Gasteiger partial charge in [0.15, 0.2) is 0 Å². The summed E-state index contributed by atoms with van der Waals surface area (Å²) in [6.07, 6.45) is 5.92. The molecule has 0 aromatic rings. The maximum atomic E-state index is 12.4. The molecule has 2 fully saturated rings. The third kappa shape index (κ3) is 3.01. The van der Waals surface area contributed by atoms with Gasteiger partial charge in [0.1, 0.15) is 0 Å². The normalized spacial score (nSPS) is 36.6. The van der Waals surface area contributed by atoms with E-state index in [0.717, 1.165) is 31.2 Å². The highest BCUT2D eigenvalue weighted by molar-refractivity contribution is 5.79. The molecule has 4 atom stereocenters. The zero-order valence-electron chi connectivity index (χ0n) is 11.2. The van der Waals surface area contributed by atoms with Crippen LogP contribution in [0.25, 0.3) is 0 Å². The molecule has 0 bridgehead atoms. The molecule has 2 rings (SSSR count). The molecule has 0 spiro atoms. The van der Waals surface area contributed by atoms with Crippen LogP contribution in [0.2, 0.25) is 0 Å². The summed E-state index contributed by atoms with van der Waals surface area (Å²) >= 11 is 0. The van der Waals surface area contributed by atoms with Crippen LogP contribution in [-0.2, 0) is 4.79 Å². The predicted octanol–water partition coefficient (Wildman–Crippen LogP) is 1.87. The number of hydrogen-bond acceptors (Lipinski definition) is 2. The van der Waals surface area contributed by atoms with Crippen LogP contribution in [-0.4, -0.2) is 30.9 Å². The summed E-state index contributed by atoms with van der Waals surface area (Å²) in [6, 6.07) is 0. The first-order valence-corrected chi connectivity index (χ1v) is 7.08. The lowest BCUT2D eigenvalue weighted by Gasteiger charge is -2.32. The Bertz CT molecular complexity index is 279. The van der Waals surface area contributed by atoms with Crippen molar-refractivity contribution in [2.24, 2.45) is 29.4 Å². The minimum absolute atomic E-state index is 0.202. The molecule has 0 saturated heterocycles. The van der Waals surface area contributed by atoms with Gasteiger partial charge in [0.2, 0.25) is 5.91 Å². The fourth-order valence-corrected chi connectivity index (χ4v) is 3.19. The Balaban J connectivity index is 1.88. The molecule has 98 valence electrons. The minimum atomic E-state index is 0.202. The van der Waals surface area contributed by atoms with Crippen molar-refractivity contribution in [3.05, 3.63) is 0 Å². The average molecular weight is 238 g/mol. The SMILES string of the molecule is CC1CC1CN(C)C(=O)C1CCCCC1CN. The van der Waals surface area contributed by atoms with Gasteiger partial charge in [0.05, 0.1) is 0 Å². The van der Waals surface area contributed by atoms with Gasteiger partial charge in [-0.1, -0.05) is 19.8 Å². The van der Waals surface area contributed by atoms with E-state index in [9.17, 15) is 4.79 Å². The number of amides is 1. The molecule has 17 heavy (non-hydrogen) atoms. The Morgan fingerprint density at radius 1 is 1.29 bits per heavy atom. The van der Waals surface area contributed by atoms with Crippen molar-refractivity contribution in [1.82, 2.24) is 4.90 Å². The van der Waals surface area contributed by atoms with E-state index in [1.54, 1.807) is 0 Å². The number of rotatable bonds is 4. The molecule has 2 aliphatic rings. The van der Waals surface area contributed by atoms with Gasteiger partial charge >= 0.3 is 0 Å². The first kappa shape index (κ1) is 12.9. The molecule has 1 amide bonds. The van der Waals surface area contributed by atoms with E-state index in [1.165, 1.54) is 19.3 Å². The Morgan fingerprint density at radius 3 is 2.53 bits per heavy atom. The molecule has 4 unspecified atom stereocenters. The summed E-state index contributed by atoms with van der Waals surface area (Å²) in [7, 11) is 1.97. The summed E-state index contributed by atoms with van der Waals surface area (Å²) in [5, 5.41) is 0. The number of carbonyl (C=O) groups excluding carboxylic acids is 1. The lowest BCUT2D eigenvalue weighted by atomic mass is 9.78. The standard InChI is InChI=1S/C14H26N2O/c1-10-7-12(10)9-16(2)14(17)13-6-4-3-5-11(13)8-15/h10-13H,3-9,15H2,1-2H3. The quantitative estimate of drug-likeness (QED) is 0.812. The third-order valence-electron chi connectivity index (χ3n) is 4.69. The zero-order valence-corrected chi connectivity index (χ0v) is 11.2. The van der Waals surface area contributed by atoms with Gasteiger partial charge < -0.3 is 10.6 Å². The number of carbonyl (C=O) groups is 1. The van der Waals surface area contributed by atoms with Crippen LogP contribution >= 0.6 is 0 Å². The second kappa shape index (κ2) is 5.38. The average Bonchev–Trinajstić information content (AvgIpc) is 3.03. The Labute approximate surface area is 105 Å². The summed E-state index contributed by atoms with van der Waals surface area (Å²) in [4.78, 5) is 14.4. The van der Waals surface area contributed by atoms with Gasteiger partial charge in [0, 0.05) is 19.5 Å². The van der Waals surface area contributed by atoms with E-state index in [2.05, 4.69) is 6.92 Å². The number of nitrogens with two attached hydrogens (primary N) is 1. The fourth-order valence-electron chi connectivity index (χ4n) is 3.19. The van der Waals surface area contributed by atoms with Crippen LogP contribution < -0.4 is 5.73 Å². The molecule has 0 radical (unpaired) electrons. The predicted molar refractivity (Wildman–Crippen MR) is 69.4 cm³/mol. The van der Waals surface area contributed by atoms with Gasteiger partial charge in [-0.25, -0.2) is 0 Å². The van der Waals surface area contributed by atoms with Crippen molar-refractivity contribution in [1.29, 1.82) is 0 Å². The molecule has 3 nitrogen and oxygen atoms in total. The molecule has 0 heterocycles. The molecule has 2 aliphatic carbocycles. The molecule has 2 saturated carbocycles. The molecule has 0 aromatic heterocycles. The second-order valence-corrected chi connectivity index (χ2v) is 6.08. The van der Waals surface area contributed by atoms with Gasteiger partial charge in [-0.15, -0.1) is 0 Å². The molecular weight excluding hydrogens is 212 g/mol. The third-order valence-corrected chi connectivity index (χ3v) is 4.69. The first-order valence-electron chi connectivity index (χ1n) is 7.08. The molecule has 2 N–H and O–H groups in total. The summed E-state index contributed by atoms with van der Waals surface area (Å²) in [5.41, 5.74) is 5.80. The smallest absolute Gasteiger partial charge is 0.225 e. The maximum absolute atomic E-state index is 12.4. The van der Waals surface area contributed by atoms with E-state index in [4.69, 9.17) is 5.73 Å². The molecule has 3 heteroatoms. The fraction of sp³-hybridized carbons (Fsp3) is 0.929. The van der Waals surface area contributed by atoms with Gasteiger partial charge in [-0.2, -0.15) is 0 Å². The topological polar surface area (TPSA) is 46.3 Å². The number of hydrogen-bond donors (Lipinski definition) is 1. The summed E-state index contributed by atoms with van der Waals surface area (Å²) in [5.74, 6) is 2.55. The lowest BCUT2D eigenvalue weighted by Crippen LogP contribution is -2.41. The highest BCUT2D eigenvalue weighted by atomic mass is 16.2. The van der Waals surface area contributed by atoms with Gasteiger partial charge in [0.25, 0.3) is 0 Å². The van der Waals surface area contributed by atoms with Crippen molar-refractivity contribution in [2.45, 2.75) is 39.0 Å². The highest BCUT2D eigenvalue weighted by Crippen LogP contribution is 2.38. The molecule has 0 aliphatic heterocycles. The molecule has 0 aromatic carbocycles. The lowest BCUT2D eigenvalue weighted by molar-refractivity contribution is -0.137. The largest absolute Gasteiger partial charge is 0.345 e. The monoisotopic (exact) mass is 238 g/mol. The van der Waals surface area contributed by atoms with Crippen LogP contribution in [0, 0.1) is 23.7 Å². The first-order chi connectivity index (χ1) is 8.13. The maximum Gasteiger partial charge on any atom is 0.225 e. The molecular formula is C14H26N2O. The Morgan fingerprint density at radius 2 is 1.94 bits per heavy atom. The van der Waals surface area contributed by atoms with Crippen LogP contribution in [0.1, 0.15) is 39.0 Å². The summed E-state index contributed by atoms with van der Waals surface area (Å²) in [6.45, 7) is 3.89. The Kier molecular flexibility index (Phi) is 4.08. The van der Waals surface area contributed by atoms with Gasteiger partial charge in [-0.3, -0.25) is 4.79 Å². The van der Waals surface area contributed by atoms with Crippen molar-refractivity contribution >= 4 is 5.91 Å². The van der Waals surface area contributed by atoms with Crippen molar-refractivity contribution in [3.63, 3.8) is 0 Å². The van der Waals surface area contributed by atoms with Gasteiger partial charge in [-0.05, 0) is 43.6 Å². The van der Waals surface area contributed by atoms with Crippen molar-refractivity contribution in [2.75, 3.05) is 20.1 Å². The van der Waals surface area contributed by atoms with E-state index in [1.807, 2.05) is 11.9 Å². The minimum Gasteiger partial charge on any atom is -0.345 e. The van der Waals surface area contributed by atoms with E-state index >= 15 is 0 Å². The van der Waals surface area contributed by atoms with Crippen LogP contribution in [0.4, 0.5) is 0 Å². The van der Waals surface area contributed by atoms with Crippen LogP contribution in [0.15, 0.2) is 0 Å². The van der Waals surface area contributed by atoms with Crippen LogP contribution in [0.5, 0.6) is 0 Å². The zero-order chi connectivity index (χ0) is 12.4. The Hall–Kier alpha value is -0.570. The van der Waals surface area contributed by atoms with Crippen molar-refractivity contribution in [3.8, 4) is 0 Å². The van der Waals surface area contributed by atoms with Crippen LogP contribution in [0.3, 0.4) is 0 Å². The number of nitrogens with zero attached hydrogens (tertiary/aromatic N) is 1. The van der Waals surface area contributed by atoms with Crippen molar-refractivity contribution < 1.29 is 4.79 Å². The summed E-state index contributed by atoms with van der Waals surface area (Å²) < 4.78 is 0. The second-order valence-electron chi connectivity index (χ2n) is 6.08. The van der Waals surface area contributed by atoms with E-state index in [-0.39, 0.29) is 5.92 Å². The van der Waals surface area contributed by atoms with E-state index < -0.39 is 0 Å².